The average Bonchev–Trinajstić information content (AvgIpc) is 3.55. The number of rotatable bonds is 3. The second-order valence-corrected chi connectivity index (χ2v) is 10.9. The number of hydrogen-bond donors (Lipinski definition) is 0. The Morgan fingerprint density at radius 3 is 1.60 bits per heavy atom. The van der Waals surface area contributed by atoms with Gasteiger partial charge in [-0.2, -0.15) is 0 Å². The summed E-state index contributed by atoms with van der Waals surface area (Å²) in [6.45, 7) is 0. The fourth-order valence-electron chi connectivity index (χ4n) is 6.63. The predicted molar refractivity (Wildman–Crippen MR) is 176 cm³/mol. The number of pyridine rings is 1. The van der Waals surface area contributed by atoms with Crippen LogP contribution in [0, 0.1) is 0 Å². The maximum atomic E-state index is 4.88. The summed E-state index contributed by atoms with van der Waals surface area (Å²) in [7, 11) is 0. The predicted octanol–water partition coefficient (Wildman–Crippen LogP) is 10.1. The molecule has 0 atom stereocenters. The molecule has 0 saturated carbocycles. The van der Waals surface area contributed by atoms with Crippen LogP contribution in [0.2, 0.25) is 0 Å². The van der Waals surface area contributed by atoms with Crippen molar-refractivity contribution in [3.05, 3.63) is 152 Å². The molecule has 0 radical (unpaired) electrons. The summed E-state index contributed by atoms with van der Waals surface area (Å²) in [4.78, 5) is 4.88. The molecule has 0 unspecified atom stereocenters. The Morgan fingerprint density at radius 1 is 0.381 bits per heavy atom. The highest BCUT2D eigenvalue weighted by Crippen LogP contribution is 2.39. The molecular weight excluding hydrogens is 510 g/mol. The molecule has 3 heteroatoms. The highest BCUT2D eigenvalue weighted by atomic mass is 15.1. The Balaban J connectivity index is 1.36. The second kappa shape index (κ2) is 8.92. The minimum absolute atomic E-state index is 0.920. The fraction of sp³-hybridized carbons (Fsp3) is 0. The van der Waals surface area contributed by atoms with Crippen LogP contribution >= 0.6 is 0 Å². The van der Waals surface area contributed by atoms with Gasteiger partial charge in [-0.3, -0.25) is 4.57 Å². The molecule has 9 rings (SSSR count). The van der Waals surface area contributed by atoms with Crippen LogP contribution in [0.25, 0.3) is 77.0 Å². The third-order valence-corrected chi connectivity index (χ3v) is 8.52. The number of para-hydroxylation sites is 3. The number of aromatic nitrogens is 3. The maximum Gasteiger partial charge on any atom is 0.138 e. The lowest BCUT2D eigenvalue weighted by Crippen LogP contribution is -1.97. The van der Waals surface area contributed by atoms with E-state index >= 15 is 0 Å². The minimum Gasteiger partial charge on any atom is -0.309 e. The van der Waals surface area contributed by atoms with Gasteiger partial charge in [0.2, 0.25) is 0 Å². The number of hydrogen-bond acceptors (Lipinski definition) is 1. The molecule has 0 bridgehead atoms. The lowest BCUT2D eigenvalue weighted by molar-refractivity contribution is 1.08. The largest absolute Gasteiger partial charge is 0.309 e. The Hall–Kier alpha value is -5.67. The molecule has 0 spiro atoms. The van der Waals surface area contributed by atoms with Crippen molar-refractivity contribution in [1.82, 2.24) is 14.1 Å². The van der Waals surface area contributed by atoms with Crippen LogP contribution in [0.5, 0.6) is 0 Å². The third kappa shape index (κ3) is 3.37. The van der Waals surface area contributed by atoms with E-state index in [1.165, 1.54) is 54.6 Å². The van der Waals surface area contributed by atoms with Gasteiger partial charge >= 0.3 is 0 Å². The van der Waals surface area contributed by atoms with Gasteiger partial charge < -0.3 is 4.57 Å². The van der Waals surface area contributed by atoms with Crippen molar-refractivity contribution in [1.29, 1.82) is 0 Å². The Labute approximate surface area is 242 Å². The molecule has 0 aliphatic heterocycles. The molecule has 6 aromatic carbocycles. The highest BCUT2D eigenvalue weighted by Gasteiger charge is 2.17. The first-order chi connectivity index (χ1) is 20.8. The van der Waals surface area contributed by atoms with Gasteiger partial charge in [-0.25, -0.2) is 4.98 Å². The molecule has 3 nitrogen and oxygen atoms in total. The van der Waals surface area contributed by atoms with Gasteiger partial charge in [0.05, 0.1) is 22.1 Å². The topological polar surface area (TPSA) is 22.8 Å². The lowest BCUT2D eigenvalue weighted by Gasteiger charge is -2.10. The van der Waals surface area contributed by atoms with Gasteiger partial charge in [0.25, 0.3) is 0 Å². The fourth-order valence-corrected chi connectivity index (χ4v) is 6.63. The summed E-state index contributed by atoms with van der Waals surface area (Å²) < 4.78 is 4.70. The van der Waals surface area contributed by atoms with Crippen molar-refractivity contribution in [2.75, 3.05) is 0 Å². The Kier molecular flexibility index (Phi) is 4.90. The van der Waals surface area contributed by atoms with Crippen LogP contribution in [0.4, 0.5) is 0 Å². The minimum atomic E-state index is 0.920. The molecule has 0 N–H and O–H groups in total. The zero-order valence-corrected chi connectivity index (χ0v) is 22.8. The molecule has 3 heterocycles. The van der Waals surface area contributed by atoms with Crippen molar-refractivity contribution in [3.63, 3.8) is 0 Å². The monoisotopic (exact) mass is 535 g/mol. The van der Waals surface area contributed by atoms with Crippen LogP contribution < -0.4 is 0 Å². The summed E-state index contributed by atoms with van der Waals surface area (Å²) in [6, 6.07) is 52.2. The average molecular weight is 536 g/mol. The van der Waals surface area contributed by atoms with Gasteiger partial charge in [-0.15, -0.1) is 0 Å². The van der Waals surface area contributed by atoms with Gasteiger partial charge in [-0.05, 0) is 82.6 Å². The molecule has 0 fully saturated rings. The molecule has 0 aliphatic rings. The zero-order chi connectivity index (χ0) is 27.6. The SMILES string of the molecule is c1ccc(-c2ccnc(-n3c4ccccc4c4cc5cc6c(cc5cc43)c3ccccc3n6-c3ccccc3)c2)cc1. The standard InChI is InChI=1S/C39H25N3/c1-3-11-26(12-4-1)27-19-20-40-39(25-27)42-36-18-10-8-16-32(36)34-22-28-23-37-33(21-29(28)24-38(34)42)31-15-7-9-17-35(31)41(37)30-13-5-2-6-14-30/h1-25H. The smallest absolute Gasteiger partial charge is 0.138 e. The quantitative estimate of drug-likeness (QED) is 0.221. The highest BCUT2D eigenvalue weighted by molar-refractivity contribution is 6.18. The summed E-state index contributed by atoms with van der Waals surface area (Å²) in [5.41, 5.74) is 8.26. The Morgan fingerprint density at radius 2 is 0.929 bits per heavy atom. The van der Waals surface area contributed by atoms with Crippen LogP contribution in [-0.2, 0) is 0 Å². The van der Waals surface area contributed by atoms with Crippen molar-refractivity contribution >= 4 is 54.4 Å². The molecule has 9 aromatic rings. The first kappa shape index (κ1) is 23.1. The lowest BCUT2D eigenvalue weighted by atomic mass is 10.0. The van der Waals surface area contributed by atoms with Crippen molar-refractivity contribution in [2.24, 2.45) is 0 Å². The molecule has 196 valence electrons. The van der Waals surface area contributed by atoms with Crippen LogP contribution in [0.1, 0.15) is 0 Å². The van der Waals surface area contributed by atoms with E-state index < -0.39 is 0 Å². The zero-order valence-electron chi connectivity index (χ0n) is 22.8. The van der Waals surface area contributed by atoms with E-state index in [-0.39, 0.29) is 0 Å². The Bertz CT molecular complexity index is 2450. The van der Waals surface area contributed by atoms with E-state index in [0.29, 0.717) is 0 Å². The molecule has 0 aliphatic carbocycles. The molecule has 0 amide bonds. The summed E-state index contributed by atoms with van der Waals surface area (Å²) in [6.07, 6.45) is 1.92. The maximum absolute atomic E-state index is 4.88. The number of fused-ring (bicyclic) bond motifs is 7. The first-order valence-corrected chi connectivity index (χ1v) is 14.3. The third-order valence-electron chi connectivity index (χ3n) is 8.52. The summed E-state index contributed by atoms with van der Waals surface area (Å²) in [5.74, 6) is 0.920. The van der Waals surface area contributed by atoms with E-state index in [9.17, 15) is 0 Å². The van der Waals surface area contributed by atoms with E-state index in [2.05, 4.69) is 155 Å². The van der Waals surface area contributed by atoms with E-state index in [4.69, 9.17) is 4.98 Å². The van der Waals surface area contributed by atoms with Gasteiger partial charge in [0.1, 0.15) is 5.82 Å². The second-order valence-electron chi connectivity index (χ2n) is 10.9. The first-order valence-electron chi connectivity index (χ1n) is 14.3. The van der Waals surface area contributed by atoms with Crippen molar-refractivity contribution in [2.45, 2.75) is 0 Å². The van der Waals surface area contributed by atoms with Gasteiger partial charge in [0, 0.05) is 33.4 Å². The van der Waals surface area contributed by atoms with Crippen molar-refractivity contribution in [3.8, 4) is 22.6 Å². The molecule has 3 aromatic heterocycles. The van der Waals surface area contributed by atoms with Crippen molar-refractivity contribution < 1.29 is 0 Å². The van der Waals surface area contributed by atoms with Crippen LogP contribution in [-0.4, -0.2) is 14.1 Å². The van der Waals surface area contributed by atoms with E-state index in [1.54, 1.807) is 0 Å². The number of nitrogens with zero attached hydrogens (tertiary/aromatic N) is 3. The van der Waals surface area contributed by atoms with Gasteiger partial charge in [-0.1, -0.05) is 84.9 Å². The van der Waals surface area contributed by atoms with E-state index in [0.717, 1.165) is 22.4 Å². The van der Waals surface area contributed by atoms with Gasteiger partial charge in [0.15, 0.2) is 0 Å². The summed E-state index contributed by atoms with van der Waals surface area (Å²) in [5, 5.41) is 7.42. The number of benzene rings is 6. The molecule has 0 saturated heterocycles. The summed E-state index contributed by atoms with van der Waals surface area (Å²) >= 11 is 0. The molecular formula is C39H25N3. The van der Waals surface area contributed by atoms with Crippen LogP contribution in [0.15, 0.2) is 152 Å². The van der Waals surface area contributed by atoms with Crippen LogP contribution in [0.3, 0.4) is 0 Å². The molecule has 42 heavy (non-hydrogen) atoms. The van der Waals surface area contributed by atoms with E-state index in [1.807, 2.05) is 6.20 Å². The normalized spacial score (nSPS) is 11.8.